The van der Waals surface area contributed by atoms with Gasteiger partial charge in [-0.2, -0.15) is 0 Å². The van der Waals surface area contributed by atoms with Crippen LogP contribution in [0.1, 0.15) is 38.2 Å². The molecule has 0 heterocycles. The molecule has 1 aliphatic rings. The first-order valence-electron chi connectivity index (χ1n) is 7.22. The molecule has 1 aromatic rings. The monoisotopic (exact) mass is 295 g/mol. The number of halogens is 1. The predicted molar refractivity (Wildman–Crippen MR) is 81.3 cm³/mol. The van der Waals surface area contributed by atoms with Crippen LogP contribution in [0.3, 0.4) is 0 Å². The van der Waals surface area contributed by atoms with E-state index in [0.29, 0.717) is 29.2 Å². The summed E-state index contributed by atoms with van der Waals surface area (Å²) < 4.78 is 5.27. The van der Waals surface area contributed by atoms with Gasteiger partial charge in [0.1, 0.15) is 5.75 Å². The van der Waals surface area contributed by atoms with E-state index in [1.807, 2.05) is 0 Å². The summed E-state index contributed by atoms with van der Waals surface area (Å²) in [5, 5.41) is 3.77. The zero-order valence-electron chi connectivity index (χ0n) is 12.1. The molecule has 1 amide bonds. The summed E-state index contributed by atoms with van der Waals surface area (Å²) in [7, 11) is 1.61. The van der Waals surface area contributed by atoms with E-state index in [0.717, 1.165) is 12.0 Å². The third-order valence-corrected chi connectivity index (χ3v) is 4.29. The summed E-state index contributed by atoms with van der Waals surface area (Å²) in [6.07, 6.45) is 5.07. The first kappa shape index (κ1) is 15.2. The lowest BCUT2D eigenvalue weighted by atomic mass is 9.86. The van der Waals surface area contributed by atoms with Gasteiger partial charge in [0.25, 0.3) is 0 Å². The Hall–Kier alpha value is -1.22. The summed E-state index contributed by atoms with van der Waals surface area (Å²) in [6.45, 7) is 2.21. The zero-order valence-corrected chi connectivity index (χ0v) is 12.9. The molecular weight excluding hydrogens is 274 g/mol. The van der Waals surface area contributed by atoms with Crippen LogP contribution in [0.15, 0.2) is 18.2 Å². The maximum absolute atomic E-state index is 12.2. The molecule has 0 aromatic heterocycles. The molecule has 0 radical (unpaired) electrons. The molecule has 0 saturated heterocycles. The van der Waals surface area contributed by atoms with Crippen molar-refractivity contribution in [1.82, 2.24) is 5.32 Å². The van der Waals surface area contributed by atoms with Crippen LogP contribution in [0.25, 0.3) is 0 Å². The fourth-order valence-electron chi connectivity index (χ4n) is 2.85. The average molecular weight is 296 g/mol. The fourth-order valence-corrected chi connectivity index (χ4v) is 3.04. The molecule has 0 unspecified atom stereocenters. The highest BCUT2D eigenvalue weighted by Crippen LogP contribution is 2.25. The van der Waals surface area contributed by atoms with Crippen LogP contribution in [0.5, 0.6) is 5.75 Å². The zero-order chi connectivity index (χ0) is 14.5. The Morgan fingerprint density at radius 1 is 1.40 bits per heavy atom. The molecular formula is C16H22ClNO2. The van der Waals surface area contributed by atoms with E-state index in [-0.39, 0.29) is 5.91 Å². The van der Waals surface area contributed by atoms with Gasteiger partial charge in [-0.3, -0.25) is 4.79 Å². The number of carbonyl (C=O) groups is 1. The Morgan fingerprint density at radius 2 is 2.15 bits per heavy atom. The van der Waals surface area contributed by atoms with Crippen LogP contribution in [-0.4, -0.2) is 19.1 Å². The van der Waals surface area contributed by atoms with E-state index in [1.54, 1.807) is 25.3 Å². The van der Waals surface area contributed by atoms with Crippen LogP contribution in [0.4, 0.5) is 0 Å². The predicted octanol–water partition coefficient (Wildman–Crippen LogP) is 3.59. The standard InChI is InChI=1S/C16H22ClNO2/c1-11-5-3-4-6-14(11)18-16(19)10-12-9-13(17)7-8-15(12)20-2/h7-9,11,14H,3-6,10H2,1-2H3,(H,18,19)/t11-,14+/m1/s1. The normalized spacial score (nSPS) is 22.4. The van der Waals surface area contributed by atoms with Crippen molar-refractivity contribution in [2.75, 3.05) is 7.11 Å². The molecule has 1 saturated carbocycles. The smallest absolute Gasteiger partial charge is 0.224 e. The van der Waals surface area contributed by atoms with Crippen LogP contribution < -0.4 is 10.1 Å². The van der Waals surface area contributed by atoms with Gasteiger partial charge in [0, 0.05) is 16.6 Å². The highest BCUT2D eigenvalue weighted by molar-refractivity contribution is 6.30. The maximum atomic E-state index is 12.2. The SMILES string of the molecule is COc1ccc(Cl)cc1CC(=O)N[C@H]1CCCC[C@H]1C. The Bertz CT molecular complexity index is 476. The highest BCUT2D eigenvalue weighted by Gasteiger charge is 2.23. The summed E-state index contributed by atoms with van der Waals surface area (Å²) in [4.78, 5) is 12.2. The van der Waals surface area contributed by atoms with Gasteiger partial charge in [-0.1, -0.05) is 31.4 Å². The Balaban J connectivity index is 1.99. The van der Waals surface area contributed by atoms with Crippen molar-refractivity contribution < 1.29 is 9.53 Å². The molecule has 110 valence electrons. The molecule has 0 aliphatic heterocycles. The van der Waals surface area contributed by atoms with E-state index in [4.69, 9.17) is 16.3 Å². The molecule has 2 rings (SSSR count). The first-order valence-corrected chi connectivity index (χ1v) is 7.59. The van der Waals surface area contributed by atoms with Crippen molar-refractivity contribution in [2.24, 2.45) is 5.92 Å². The van der Waals surface area contributed by atoms with Crippen LogP contribution in [0.2, 0.25) is 5.02 Å². The largest absolute Gasteiger partial charge is 0.496 e. The van der Waals surface area contributed by atoms with Gasteiger partial charge >= 0.3 is 0 Å². The summed E-state index contributed by atoms with van der Waals surface area (Å²) in [5.74, 6) is 1.32. The van der Waals surface area contributed by atoms with E-state index in [1.165, 1.54) is 19.3 Å². The minimum absolute atomic E-state index is 0.0457. The second-order valence-corrected chi connectivity index (χ2v) is 6.01. The van der Waals surface area contributed by atoms with E-state index >= 15 is 0 Å². The Labute approximate surface area is 125 Å². The van der Waals surface area contributed by atoms with Crippen molar-refractivity contribution in [2.45, 2.75) is 45.1 Å². The second kappa shape index (κ2) is 6.98. The topological polar surface area (TPSA) is 38.3 Å². The summed E-state index contributed by atoms with van der Waals surface area (Å²) in [6, 6.07) is 5.67. The number of ether oxygens (including phenoxy) is 1. The molecule has 1 fully saturated rings. The van der Waals surface area contributed by atoms with Crippen molar-refractivity contribution in [1.29, 1.82) is 0 Å². The number of hydrogen-bond donors (Lipinski definition) is 1. The van der Waals surface area contributed by atoms with Gasteiger partial charge < -0.3 is 10.1 Å². The lowest BCUT2D eigenvalue weighted by Gasteiger charge is -2.29. The van der Waals surface area contributed by atoms with Gasteiger partial charge in [0.2, 0.25) is 5.91 Å². The minimum Gasteiger partial charge on any atom is -0.496 e. The van der Waals surface area contributed by atoms with Crippen LogP contribution >= 0.6 is 11.6 Å². The van der Waals surface area contributed by atoms with Crippen LogP contribution in [-0.2, 0) is 11.2 Å². The maximum Gasteiger partial charge on any atom is 0.224 e. The first-order chi connectivity index (χ1) is 9.60. The van der Waals surface area contributed by atoms with Gasteiger partial charge in [-0.25, -0.2) is 0 Å². The quantitative estimate of drug-likeness (QED) is 0.922. The lowest BCUT2D eigenvalue weighted by molar-refractivity contribution is -0.121. The molecule has 0 spiro atoms. The van der Waals surface area contributed by atoms with Crippen LogP contribution in [0, 0.1) is 5.92 Å². The molecule has 1 N–H and O–H groups in total. The fraction of sp³-hybridized carbons (Fsp3) is 0.562. The number of methoxy groups -OCH3 is 1. The van der Waals surface area contributed by atoms with Gasteiger partial charge in [-0.15, -0.1) is 0 Å². The molecule has 3 nitrogen and oxygen atoms in total. The summed E-state index contributed by atoms with van der Waals surface area (Å²) >= 11 is 5.99. The number of carbonyl (C=O) groups excluding carboxylic acids is 1. The van der Waals surface area contributed by atoms with Crippen molar-refractivity contribution in [3.8, 4) is 5.75 Å². The van der Waals surface area contributed by atoms with Crippen molar-refractivity contribution >= 4 is 17.5 Å². The molecule has 1 aliphatic carbocycles. The molecule has 1 aromatic carbocycles. The van der Waals surface area contributed by atoms with Crippen molar-refractivity contribution in [3.05, 3.63) is 28.8 Å². The number of amides is 1. The number of rotatable bonds is 4. The summed E-state index contributed by atoms with van der Waals surface area (Å²) in [5.41, 5.74) is 0.834. The molecule has 0 bridgehead atoms. The van der Waals surface area contributed by atoms with Gasteiger partial charge in [0.05, 0.1) is 13.5 Å². The number of benzene rings is 1. The Morgan fingerprint density at radius 3 is 2.85 bits per heavy atom. The molecule has 4 heteroatoms. The lowest BCUT2D eigenvalue weighted by Crippen LogP contribution is -2.41. The molecule has 20 heavy (non-hydrogen) atoms. The Kier molecular flexibility index (Phi) is 5.30. The average Bonchev–Trinajstić information content (AvgIpc) is 2.41. The van der Waals surface area contributed by atoms with Gasteiger partial charge in [0.15, 0.2) is 0 Å². The third kappa shape index (κ3) is 3.89. The van der Waals surface area contributed by atoms with E-state index in [2.05, 4.69) is 12.2 Å². The number of hydrogen-bond acceptors (Lipinski definition) is 2. The highest BCUT2D eigenvalue weighted by atomic mass is 35.5. The van der Waals surface area contributed by atoms with Crippen molar-refractivity contribution in [3.63, 3.8) is 0 Å². The van der Waals surface area contributed by atoms with Gasteiger partial charge in [-0.05, 0) is 37.0 Å². The van der Waals surface area contributed by atoms with E-state index < -0.39 is 0 Å². The number of nitrogens with one attached hydrogen (secondary N) is 1. The molecule has 2 atom stereocenters. The minimum atomic E-state index is 0.0457. The van der Waals surface area contributed by atoms with E-state index in [9.17, 15) is 4.79 Å². The second-order valence-electron chi connectivity index (χ2n) is 5.57. The third-order valence-electron chi connectivity index (χ3n) is 4.05.